The second-order valence-corrected chi connectivity index (χ2v) is 4.59. The van der Waals surface area contributed by atoms with Crippen LogP contribution in [-0.4, -0.2) is 41.7 Å². The number of aromatic hydroxyl groups is 1. The van der Waals surface area contributed by atoms with E-state index in [0.717, 1.165) is 6.42 Å². The molecule has 4 heteroatoms. The predicted octanol–water partition coefficient (Wildman–Crippen LogP) is 1.95. The zero-order chi connectivity index (χ0) is 13.1. The summed E-state index contributed by atoms with van der Waals surface area (Å²) in [7, 11) is 0. The highest BCUT2D eigenvalue weighted by Crippen LogP contribution is 2.23. The first kappa shape index (κ1) is 12.9. The Morgan fingerprint density at radius 3 is 3.06 bits per heavy atom. The van der Waals surface area contributed by atoms with Gasteiger partial charge in [0.25, 0.3) is 5.91 Å². The molecular formula is C14H19NO3. The minimum absolute atomic E-state index is 0.0152. The van der Waals surface area contributed by atoms with Crippen molar-refractivity contribution in [1.82, 2.24) is 4.90 Å². The van der Waals surface area contributed by atoms with Crippen LogP contribution in [0.25, 0.3) is 0 Å². The molecule has 1 aliphatic rings. The molecule has 1 N–H and O–H groups in total. The van der Waals surface area contributed by atoms with Gasteiger partial charge in [0.05, 0.1) is 19.3 Å². The van der Waals surface area contributed by atoms with Gasteiger partial charge in [-0.05, 0) is 25.5 Å². The van der Waals surface area contributed by atoms with Crippen molar-refractivity contribution in [1.29, 1.82) is 0 Å². The molecule has 1 fully saturated rings. The van der Waals surface area contributed by atoms with E-state index in [0.29, 0.717) is 30.9 Å². The number of nitrogens with zero attached hydrogens (tertiary/aromatic N) is 1. The second kappa shape index (κ2) is 5.40. The van der Waals surface area contributed by atoms with E-state index in [1.54, 1.807) is 25.1 Å². The third-order valence-corrected chi connectivity index (χ3v) is 3.50. The van der Waals surface area contributed by atoms with Crippen molar-refractivity contribution in [2.75, 3.05) is 19.8 Å². The lowest BCUT2D eigenvalue weighted by Crippen LogP contribution is -2.48. The van der Waals surface area contributed by atoms with Gasteiger partial charge in [-0.15, -0.1) is 0 Å². The van der Waals surface area contributed by atoms with Gasteiger partial charge in [-0.3, -0.25) is 4.79 Å². The quantitative estimate of drug-likeness (QED) is 0.871. The third-order valence-electron chi connectivity index (χ3n) is 3.50. The number of amides is 1. The van der Waals surface area contributed by atoms with Crippen molar-refractivity contribution in [2.45, 2.75) is 26.3 Å². The number of rotatable bonds is 2. The van der Waals surface area contributed by atoms with Crippen LogP contribution in [0, 0.1) is 6.92 Å². The number of phenolic OH excluding ortho intramolecular Hbond substituents is 1. The SMILES string of the molecule is CCC1COCCN1C(=O)c1cccc(O)c1C. The van der Waals surface area contributed by atoms with Crippen LogP contribution >= 0.6 is 0 Å². The highest BCUT2D eigenvalue weighted by molar-refractivity contribution is 5.96. The van der Waals surface area contributed by atoms with Crippen molar-refractivity contribution in [3.8, 4) is 5.75 Å². The maximum atomic E-state index is 12.5. The van der Waals surface area contributed by atoms with Crippen LogP contribution in [0.3, 0.4) is 0 Å². The van der Waals surface area contributed by atoms with Gasteiger partial charge in [0.1, 0.15) is 5.75 Å². The number of hydrogen-bond acceptors (Lipinski definition) is 3. The maximum Gasteiger partial charge on any atom is 0.254 e. The molecule has 1 saturated heterocycles. The molecule has 0 spiro atoms. The van der Waals surface area contributed by atoms with Gasteiger partial charge >= 0.3 is 0 Å². The fourth-order valence-corrected chi connectivity index (χ4v) is 2.27. The van der Waals surface area contributed by atoms with Crippen molar-refractivity contribution in [3.63, 3.8) is 0 Å². The lowest BCUT2D eigenvalue weighted by molar-refractivity contribution is -0.00285. The van der Waals surface area contributed by atoms with E-state index in [4.69, 9.17) is 4.74 Å². The maximum absolute atomic E-state index is 12.5. The standard InChI is InChI=1S/C14H19NO3/c1-3-11-9-18-8-7-15(11)14(17)12-5-4-6-13(16)10(12)2/h4-6,11,16H,3,7-9H2,1-2H3. The van der Waals surface area contributed by atoms with Crippen molar-refractivity contribution < 1.29 is 14.6 Å². The molecule has 0 bridgehead atoms. The number of carbonyl (C=O) groups excluding carboxylic acids is 1. The Balaban J connectivity index is 2.27. The molecule has 1 aromatic carbocycles. The summed E-state index contributed by atoms with van der Waals surface area (Å²) in [6.45, 7) is 5.62. The van der Waals surface area contributed by atoms with E-state index in [-0.39, 0.29) is 17.7 Å². The van der Waals surface area contributed by atoms with Crippen molar-refractivity contribution in [3.05, 3.63) is 29.3 Å². The Bertz CT molecular complexity index is 445. The monoisotopic (exact) mass is 249 g/mol. The topological polar surface area (TPSA) is 49.8 Å². The molecule has 1 aliphatic heterocycles. The first-order chi connectivity index (χ1) is 8.65. The van der Waals surface area contributed by atoms with Crippen LogP contribution in [0.15, 0.2) is 18.2 Å². The van der Waals surface area contributed by atoms with E-state index >= 15 is 0 Å². The first-order valence-electron chi connectivity index (χ1n) is 6.32. The number of ether oxygens (including phenoxy) is 1. The zero-order valence-electron chi connectivity index (χ0n) is 10.8. The molecule has 18 heavy (non-hydrogen) atoms. The summed E-state index contributed by atoms with van der Waals surface area (Å²) in [6, 6.07) is 5.20. The Morgan fingerprint density at radius 1 is 1.56 bits per heavy atom. The van der Waals surface area contributed by atoms with Crippen molar-refractivity contribution >= 4 is 5.91 Å². The molecule has 0 aromatic heterocycles. The Kier molecular flexibility index (Phi) is 3.87. The largest absolute Gasteiger partial charge is 0.508 e. The lowest BCUT2D eigenvalue weighted by atomic mass is 10.0. The smallest absolute Gasteiger partial charge is 0.254 e. The summed E-state index contributed by atoms with van der Waals surface area (Å²) >= 11 is 0. The average Bonchev–Trinajstić information content (AvgIpc) is 2.41. The fourth-order valence-electron chi connectivity index (χ4n) is 2.27. The lowest BCUT2D eigenvalue weighted by Gasteiger charge is -2.35. The second-order valence-electron chi connectivity index (χ2n) is 4.59. The fraction of sp³-hybridized carbons (Fsp3) is 0.500. The van der Waals surface area contributed by atoms with E-state index in [2.05, 4.69) is 6.92 Å². The molecule has 0 aliphatic carbocycles. The summed E-state index contributed by atoms with van der Waals surface area (Å²) < 4.78 is 5.40. The van der Waals surface area contributed by atoms with Gasteiger partial charge in [0, 0.05) is 17.7 Å². The highest BCUT2D eigenvalue weighted by Gasteiger charge is 2.27. The Hall–Kier alpha value is -1.55. The molecule has 98 valence electrons. The van der Waals surface area contributed by atoms with Gasteiger partial charge in [-0.1, -0.05) is 13.0 Å². The highest BCUT2D eigenvalue weighted by atomic mass is 16.5. The van der Waals surface area contributed by atoms with E-state index in [9.17, 15) is 9.90 Å². The Labute approximate surface area is 107 Å². The molecule has 1 amide bonds. The number of morpholine rings is 1. The normalized spacial score (nSPS) is 19.9. The molecule has 0 saturated carbocycles. The first-order valence-corrected chi connectivity index (χ1v) is 6.32. The summed E-state index contributed by atoms with van der Waals surface area (Å²) in [5, 5.41) is 9.68. The molecular weight excluding hydrogens is 230 g/mol. The van der Waals surface area contributed by atoms with Crippen LogP contribution in [0.2, 0.25) is 0 Å². The van der Waals surface area contributed by atoms with Gasteiger partial charge in [0.15, 0.2) is 0 Å². The summed E-state index contributed by atoms with van der Waals surface area (Å²) in [5.41, 5.74) is 1.22. The molecule has 1 heterocycles. The van der Waals surface area contributed by atoms with Crippen LogP contribution in [0.1, 0.15) is 29.3 Å². The van der Waals surface area contributed by atoms with Gasteiger partial charge in [0.2, 0.25) is 0 Å². The van der Waals surface area contributed by atoms with Gasteiger partial charge in [-0.25, -0.2) is 0 Å². The summed E-state index contributed by atoms with van der Waals surface area (Å²) in [6.07, 6.45) is 0.879. The number of benzene rings is 1. The molecule has 4 nitrogen and oxygen atoms in total. The van der Waals surface area contributed by atoms with E-state index in [1.807, 2.05) is 4.90 Å². The minimum Gasteiger partial charge on any atom is -0.508 e. The van der Waals surface area contributed by atoms with E-state index < -0.39 is 0 Å². The number of carbonyl (C=O) groups is 1. The summed E-state index contributed by atoms with van der Waals surface area (Å²) in [5.74, 6) is 0.153. The molecule has 1 aromatic rings. The number of hydrogen-bond donors (Lipinski definition) is 1. The van der Waals surface area contributed by atoms with Crippen LogP contribution in [0.5, 0.6) is 5.75 Å². The average molecular weight is 249 g/mol. The van der Waals surface area contributed by atoms with E-state index in [1.165, 1.54) is 0 Å². The molecule has 0 radical (unpaired) electrons. The van der Waals surface area contributed by atoms with Crippen molar-refractivity contribution in [2.24, 2.45) is 0 Å². The van der Waals surface area contributed by atoms with Gasteiger partial charge < -0.3 is 14.7 Å². The predicted molar refractivity (Wildman–Crippen MR) is 68.8 cm³/mol. The minimum atomic E-state index is -0.0152. The Morgan fingerprint density at radius 2 is 2.33 bits per heavy atom. The zero-order valence-corrected chi connectivity index (χ0v) is 10.8. The number of phenols is 1. The summed E-state index contributed by atoms with van der Waals surface area (Å²) in [4.78, 5) is 14.4. The third kappa shape index (κ3) is 2.34. The molecule has 2 rings (SSSR count). The van der Waals surface area contributed by atoms with Crippen LogP contribution in [0.4, 0.5) is 0 Å². The van der Waals surface area contributed by atoms with Crippen LogP contribution in [-0.2, 0) is 4.74 Å². The molecule has 1 unspecified atom stereocenters. The molecule has 1 atom stereocenters. The van der Waals surface area contributed by atoms with Gasteiger partial charge in [-0.2, -0.15) is 0 Å². The van der Waals surface area contributed by atoms with Crippen LogP contribution < -0.4 is 0 Å².